The molecule has 0 aliphatic heterocycles. The molecule has 11 heteroatoms. The lowest BCUT2D eigenvalue weighted by Gasteiger charge is -2.33. The molecule has 0 spiro atoms. The van der Waals surface area contributed by atoms with Crippen LogP contribution in [0.2, 0.25) is 10.0 Å². The highest BCUT2D eigenvalue weighted by Crippen LogP contribution is 2.35. The molecular formula is C29H32Cl2FN3O4S. The normalized spacial score (nSPS) is 12.1. The van der Waals surface area contributed by atoms with Crippen LogP contribution in [0.15, 0.2) is 71.6 Å². The van der Waals surface area contributed by atoms with Crippen LogP contribution in [0.4, 0.5) is 10.1 Å². The van der Waals surface area contributed by atoms with E-state index < -0.39 is 34.3 Å². The average Bonchev–Trinajstić information content (AvgIpc) is 2.93. The van der Waals surface area contributed by atoms with E-state index in [9.17, 15) is 22.4 Å². The van der Waals surface area contributed by atoms with E-state index in [2.05, 4.69) is 5.32 Å². The summed E-state index contributed by atoms with van der Waals surface area (Å²) in [6.45, 7) is 5.21. The van der Waals surface area contributed by atoms with Gasteiger partial charge in [0, 0.05) is 13.1 Å². The number of benzene rings is 3. The zero-order valence-corrected chi connectivity index (χ0v) is 24.9. The Morgan fingerprint density at radius 3 is 2.23 bits per heavy atom. The summed E-state index contributed by atoms with van der Waals surface area (Å²) >= 11 is 12.7. The van der Waals surface area contributed by atoms with Crippen LogP contribution in [0, 0.1) is 12.7 Å². The Hall–Kier alpha value is -3.14. The third-order valence-corrected chi connectivity index (χ3v) is 8.87. The molecule has 0 bridgehead atoms. The van der Waals surface area contributed by atoms with E-state index in [0.29, 0.717) is 18.5 Å². The standard InChI is InChI=1S/C29H32Cl2FN3O4S/c1-4-17-33-29(37)25(5-2)34(18-21-11-13-22(32)14-12-21)27(36)19-35(26-8-6-7-24(30)28(26)31)40(38,39)23-15-9-20(3)10-16-23/h6-16,25H,4-5,17-19H2,1-3H3,(H,33,37). The fourth-order valence-corrected chi connectivity index (χ4v) is 5.98. The monoisotopic (exact) mass is 607 g/mol. The van der Waals surface area contributed by atoms with Gasteiger partial charge in [-0.3, -0.25) is 13.9 Å². The number of hydrogen-bond acceptors (Lipinski definition) is 4. The van der Waals surface area contributed by atoms with E-state index in [1.54, 1.807) is 19.1 Å². The van der Waals surface area contributed by atoms with Crippen LogP contribution >= 0.6 is 23.2 Å². The summed E-state index contributed by atoms with van der Waals surface area (Å²) in [6.07, 6.45) is 0.967. The molecule has 3 aromatic rings. The van der Waals surface area contributed by atoms with Gasteiger partial charge in [-0.05, 0) is 61.7 Å². The van der Waals surface area contributed by atoms with Gasteiger partial charge in [-0.1, -0.05) is 72.9 Å². The minimum absolute atomic E-state index is 0.0216. The van der Waals surface area contributed by atoms with E-state index in [4.69, 9.17) is 23.2 Å². The maximum absolute atomic E-state index is 14.0. The maximum atomic E-state index is 14.0. The number of aryl methyl sites for hydroxylation is 1. The molecule has 3 aromatic carbocycles. The molecular weight excluding hydrogens is 576 g/mol. The fourth-order valence-electron chi connectivity index (χ4n) is 4.11. The van der Waals surface area contributed by atoms with E-state index in [1.165, 1.54) is 59.5 Å². The quantitative estimate of drug-likeness (QED) is 0.275. The molecule has 1 atom stereocenters. The van der Waals surface area contributed by atoms with Gasteiger partial charge < -0.3 is 10.2 Å². The first-order chi connectivity index (χ1) is 19.0. The first-order valence-electron chi connectivity index (χ1n) is 12.8. The molecule has 0 fully saturated rings. The van der Waals surface area contributed by atoms with Crippen molar-refractivity contribution in [1.82, 2.24) is 10.2 Å². The Labute approximate surface area is 244 Å². The molecule has 0 aromatic heterocycles. The average molecular weight is 609 g/mol. The third-order valence-electron chi connectivity index (χ3n) is 6.29. The Morgan fingerprint density at radius 1 is 0.975 bits per heavy atom. The summed E-state index contributed by atoms with van der Waals surface area (Å²) in [4.78, 5) is 28.4. The number of carbonyl (C=O) groups is 2. The van der Waals surface area contributed by atoms with Gasteiger partial charge in [-0.25, -0.2) is 12.8 Å². The lowest BCUT2D eigenvalue weighted by atomic mass is 10.1. The van der Waals surface area contributed by atoms with Gasteiger partial charge in [0.1, 0.15) is 18.4 Å². The Bertz CT molecular complexity index is 1430. The van der Waals surface area contributed by atoms with Crippen molar-refractivity contribution in [2.45, 2.75) is 51.1 Å². The Balaban J connectivity index is 2.09. The maximum Gasteiger partial charge on any atom is 0.264 e. The van der Waals surface area contributed by atoms with Gasteiger partial charge >= 0.3 is 0 Å². The Morgan fingerprint density at radius 2 is 1.62 bits per heavy atom. The number of nitrogens with zero attached hydrogens (tertiary/aromatic N) is 2. The fraction of sp³-hybridized carbons (Fsp3) is 0.310. The van der Waals surface area contributed by atoms with Gasteiger partial charge in [0.05, 0.1) is 20.6 Å². The van der Waals surface area contributed by atoms with Crippen molar-refractivity contribution in [3.8, 4) is 0 Å². The molecule has 2 amide bonds. The summed E-state index contributed by atoms with van der Waals surface area (Å²) < 4.78 is 42.3. The van der Waals surface area contributed by atoms with Gasteiger partial charge in [-0.15, -0.1) is 0 Å². The highest BCUT2D eigenvalue weighted by molar-refractivity contribution is 7.92. The number of nitrogens with one attached hydrogen (secondary N) is 1. The highest BCUT2D eigenvalue weighted by atomic mass is 35.5. The van der Waals surface area contributed by atoms with E-state index in [-0.39, 0.29) is 39.5 Å². The summed E-state index contributed by atoms with van der Waals surface area (Å²) in [5.74, 6) is -1.46. The van der Waals surface area contributed by atoms with E-state index in [1.807, 2.05) is 13.8 Å². The van der Waals surface area contributed by atoms with Crippen molar-refractivity contribution in [3.63, 3.8) is 0 Å². The predicted molar refractivity (Wildman–Crippen MR) is 157 cm³/mol. The van der Waals surface area contributed by atoms with Gasteiger partial charge in [-0.2, -0.15) is 0 Å². The van der Waals surface area contributed by atoms with Gasteiger partial charge in [0.15, 0.2) is 0 Å². The predicted octanol–water partition coefficient (Wildman–Crippen LogP) is 5.97. The molecule has 0 radical (unpaired) electrons. The van der Waals surface area contributed by atoms with Gasteiger partial charge in [0.25, 0.3) is 10.0 Å². The zero-order chi connectivity index (χ0) is 29.4. The Kier molecular flexibility index (Phi) is 11.0. The van der Waals surface area contributed by atoms with Gasteiger partial charge in [0.2, 0.25) is 11.8 Å². The number of rotatable bonds is 12. The summed E-state index contributed by atoms with van der Waals surface area (Å²) in [7, 11) is -4.29. The van der Waals surface area contributed by atoms with E-state index in [0.717, 1.165) is 9.87 Å². The molecule has 7 nitrogen and oxygen atoms in total. The number of amides is 2. The molecule has 0 aliphatic carbocycles. The van der Waals surface area contributed by atoms with Crippen LogP contribution in [0.3, 0.4) is 0 Å². The summed E-state index contributed by atoms with van der Waals surface area (Å²) in [6, 6.07) is 15.4. The second-order valence-corrected chi connectivity index (χ2v) is 11.9. The molecule has 1 N–H and O–H groups in total. The number of sulfonamides is 1. The van der Waals surface area contributed by atoms with Crippen LogP contribution in [0.1, 0.15) is 37.8 Å². The first-order valence-corrected chi connectivity index (χ1v) is 15.0. The number of anilines is 1. The van der Waals surface area contributed by atoms with Crippen LogP contribution in [0.5, 0.6) is 0 Å². The number of halogens is 3. The zero-order valence-electron chi connectivity index (χ0n) is 22.5. The molecule has 214 valence electrons. The van der Waals surface area contributed by atoms with Crippen molar-refractivity contribution >= 4 is 50.7 Å². The largest absolute Gasteiger partial charge is 0.354 e. The number of carbonyl (C=O) groups excluding carboxylic acids is 2. The highest BCUT2D eigenvalue weighted by Gasteiger charge is 2.34. The second kappa shape index (κ2) is 14.0. The first kappa shape index (κ1) is 31.4. The lowest BCUT2D eigenvalue weighted by molar-refractivity contribution is -0.140. The second-order valence-electron chi connectivity index (χ2n) is 9.26. The molecule has 0 saturated heterocycles. The van der Waals surface area contributed by atoms with Crippen molar-refractivity contribution < 1.29 is 22.4 Å². The molecule has 0 saturated carbocycles. The summed E-state index contributed by atoms with van der Waals surface area (Å²) in [5.41, 5.74) is 1.45. The molecule has 1 unspecified atom stereocenters. The minimum Gasteiger partial charge on any atom is -0.354 e. The number of hydrogen-bond donors (Lipinski definition) is 1. The topological polar surface area (TPSA) is 86.8 Å². The minimum atomic E-state index is -4.29. The van der Waals surface area contributed by atoms with Crippen molar-refractivity contribution in [2.24, 2.45) is 0 Å². The third kappa shape index (κ3) is 7.53. The molecule has 0 aliphatic rings. The summed E-state index contributed by atoms with van der Waals surface area (Å²) in [5, 5.41) is 2.89. The smallest absolute Gasteiger partial charge is 0.264 e. The molecule has 3 rings (SSSR count). The molecule has 0 heterocycles. The lowest BCUT2D eigenvalue weighted by Crippen LogP contribution is -2.52. The van der Waals surface area contributed by atoms with Crippen LogP contribution in [-0.4, -0.2) is 44.3 Å². The van der Waals surface area contributed by atoms with Crippen molar-refractivity contribution in [3.05, 3.63) is 93.7 Å². The molecule has 40 heavy (non-hydrogen) atoms. The SMILES string of the molecule is CCCNC(=O)C(CC)N(Cc1ccc(F)cc1)C(=O)CN(c1cccc(Cl)c1Cl)S(=O)(=O)c1ccc(C)cc1. The van der Waals surface area contributed by atoms with Crippen molar-refractivity contribution in [1.29, 1.82) is 0 Å². The van der Waals surface area contributed by atoms with E-state index >= 15 is 0 Å². The van der Waals surface area contributed by atoms with Crippen LogP contribution < -0.4 is 9.62 Å². The van der Waals surface area contributed by atoms with Crippen LogP contribution in [0.25, 0.3) is 0 Å². The van der Waals surface area contributed by atoms with Crippen LogP contribution in [-0.2, 0) is 26.2 Å². The van der Waals surface area contributed by atoms with Crippen molar-refractivity contribution in [2.75, 3.05) is 17.4 Å².